The zero-order valence-electron chi connectivity index (χ0n) is 10.5. The highest BCUT2D eigenvalue weighted by molar-refractivity contribution is 5.55. The molecular formula is C14H18N2O3. The number of aliphatic hydroxyl groups is 1. The fourth-order valence-electron chi connectivity index (χ4n) is 1.46. The lowest BCUT2D eigenvalue weighted by Gasteiger charge is -2.03. The van der Waals surface area contributed by atoms with Crippen LogP contribution in [0.5, 0.6) is 11.5 Å². The molecule has 0 saturated heterocycles. The fraction of sp³-hybridized carbons (Fsp3) is 0.143. The molecular weight excluding hydrogens is 244 g/mol. The van der Waals surface area contributed by atoms with E-state index in [1.54, 1.807) is 24.3 Å². The summed E-state index contributed by atoms with van der Waals surface area (Å²) in [6.45, 7) is 0.105. The average Bonchev–Trinajstić information content (AvgIpc) is 2.35. The highest BCUT2D eigenvalue weighted by Crippen LogP contribution is 2.15. The zero-order chi connectivity index (χ0) is 14.3. The number of nitrogens with two attached hydrogens (primary N) is 2. The smallest absolute Gasteiger partial charge is 0.119 e. The summed E-state index contributed by atoms with van der Waals surface area (Å²) >= 11 is 0. The lowest BCUT2D eigenvalue weighted by Crippen LogP contribution is -1.98. The molecule has 0 aliphatic rings. The molecule has 0 bridgehead atoms. The van der Waals surface area contributed by atoms with Crippen LogP contribution in [0.4, 0.5) is 11.4 Å². The van der Waals surface area contributed by atoms with Gasteiger partial charge in [0.25, 0.3) is 0 Å². The van der Waals surface area contributed by atoms with Gasteiger partial charge in [0.2, 0.25) is 0 Å². The van der Waals surface area contributed by atoms with Crippen LogP contribution in [-0.4, -0.2) is 21.9 Å². The first kappa shape index (κ1) is 14.7. The molecule has 2 aromatic carbocycles. The van der Waals surface area contributed by atoms with Crippen LogP contribution in [0, 0.1) is 0 Å². The van der Waals surface area contributed by atoms with Gasteiger partial charge in [0.1, 0.15) is 11.5 Å². The Morgan fingerprint density at radius 2 is 1.53 bits per heavy atom. The zero-order valence-corrected chi connectivity index (χ0v) is 10.5. The van der Waals surface area contributed by atoms with Gasteiger partial charge in [0.05, 0.1) is 0 Å². The standard InChI is InChI=1S/C8H12N2O.C6H6O2/c9-7-1-2-8(10)6(5-7)3-4-11;7-5-2-1-3-6(8)4-5/h1-2,5,11H,3-4,9-10H2;1-4,7-8H. The van der Waals surface area contributed by atoms with E-state index in [2.05, 4.69) is 0 Å². The summed E-state index contributed by atoms with van der Waals surface area (Å²) in [5, 5.41) is 25.9. The Labute approximate surface area is 111 Å². The van der Waals surface area contributed by atoms with Gasteiger partial charge in [0.15, 0.2) is 0 Å². The van der Waals surface area contributed by atoms with Crippen LogP contribution in [0.15, 0.2) is 42.5 Å². The molecule has 0 spiro atoms. The summed E-state index contributed by atoms with van der Waals surface area (Å²) in [5.41, 5.74) is 13.4. The van der Waals surface area contributed by atoms with Crippen molar-refractivity contribution < 1.29 is 15.3 Å². The van der Waals surface area contributed by atoms with E-state index >= 15 is 0 Å². The van der Waals surface area contributed by atoms with E-state index in [4.69, 9.17) is 26.8 Å². The average molecular weight is 262 g/mol. The maximum Gasteiger partial charge on any atom is 0.119 e. The SMILES string of the molecule is Nc1ccc(N)c(CCO)c1.Oc1cccc(O)c1. The second-order valence-electron chi connectivity index (χ2n) is 3.95. The molecule has 0 atom stereocenters. The largest absolute Gasteiger partial charge is 0.508 e. The van der Waals surface area contributed by atoms with Gasteiger partial charge in [-0.2, -0.15) is 0 Å². The van der Waals surface area contributed by atoms with Crippen molar-refractivity contribution >= 4 is 11.4 Å². The lowest BCUT2D eigenvalue weighted by molar-refractivity contribution is 0.300. The van der Waals surface area contributed by atoms with E-state index in [1.165, 1.54) is 18.2 Å². The molecule has 102 valence electrons. The van der Waals surface area contributed by atoms with Crippen LogP contribution in [0.1, 0.15) is 5.56 Å². The van der Waals surface area contributed by atoms with E-state index in [1.807, 2.05) is 0 Å². The number of hydrogen-bond acceptors (Lipinski definition) is 5. The summed E-state index contributed by atoms with van der Waals surface area (Å²) in [6, 6.07) is 11.1. The second-order valence-corrected chi connectivity index (χ2v) is 3.95. The molecule has 19 heavy (non-hydrogen) atoms. The van der Waals surface area contributed by atoms with E-state index in [-0.39, 0.29) is 18.1 Å². The molecule has 0 amide bonds. The summed E-state index contributed by atoms with van der Waals surface area (Å²) in [4.78, 5) is 0. The maximum absolute atomic E-state index is 8.65. The van der Waals surface area contributed by atoms with Crippen LogP contribution >= 0.6 is 0 Å². The molecule has 7 N–H and O–H groups in total. The molecule has 0 saturated carbocycles. The number of rotatable bonds is 2. The lowest BCUT2D eigenvalue weighted by atomic mass is 10.1. The third-order valence-corrected chi connectivity index (χ3v) is 2.38. The number of nitrogen functional groups attached to an aromatic ring is 2. The normalized spacial score (nSPS) is 9.53. The minimum Gasteiger partial charge on any atom is -0.508 e. The number of anilines is 2. The molecule has 0 aliphatic heterocycles. The Bertz CT molecular complexity index is 513. The Kier molecular flexibility index (Phi) is 5.50. The monoisotopic (exact) mass is 262 g/mol. The van der Waals surface area contributed by atoms with Crippen LogP contribution < -0.4 is 11.5 Å². The first-order chi connectivity index (χ1) is 9.02. The molecule has 0 aliphatic carbocycles. The van der Waals surface area contributed by atoms with Crippen molar-refractivity contribution in [2.75, 3.05) is 18.1 Å². The van der Waals surface area contributed by atoms with Crippen molar-refractivity contribution in [3.8, 4) is 11.5 Å². The molecule has 0 heterocycles. The van der Waals surface area contributed by atoms with Crippen molar-refractivity contribution in [1.29, 1.82) is 0 Å². The molecule has 5 nitrogen and oxygen atoms in total. The number of phenolic OH excluding ortho intramolecular Hbond substituents is 2. The summed E-state index contributed by atoms with van der Waals surface area (Å²) in [5.74, 6) is 0.176. The molecule has 0 aromatic heterocycles. The number of benzene rings is 2. The topological polar surface area (TPSA) is 113 Å². The number of aliphatic hydroxyl groups excluding tert-OH is 1. The molecule has 0 fully saturated rings. The summed E-state index contributed by atoms with van der Waals surface area (Å²) in [6.07, 6.45) is 0.566. The van der Waals surface area contributed by atoms with Crippen LogP contribution in [0.2, 0.25) is 0 Å². The Balaban J connectivity index is 0.000000200. The Morgan fingerprint density at radius 3 is 2.00 bits per heavy atom. The van der Waals surface area contributed by atoms with Crippen molar-refractivity contribution in [2.24, 2.45) is 0 Å². The number of aromatic hydroxyl groups is 2. The highest BCUT2D eigenvalue weighted by Gasteiger charge is 1.97. The fourth-order valence-corrected chi connectivity index (χ4v) is 1.46. The van der Waals surface area contributed by atoms with Crippen molar-refractivity contribution in [2.45, 2.75) is 6.42 Å². The van der Waals surface area contributed by atoms with Gasteiger partial charge in [0, 0.05) is 24.0 Å². The Morgan fingerprint density at radius 1 is 0.895 bits per heavy atom. The van der Waals surface area contributed by atoms with Crippen LogP contribution in [0.25, 0.3) is 0 Å². The van der Waals surface area contributed by atoms with Gasteiger partial charge < -0.3 is 26.8 Å². The maximum atomic E-state index is 8.65. The predicted octanol–water partition coefficient (Wildman–Crippen LogP) is 1.48. The van der Waals surface area contributed by atoms with Gasteiger partial charge in [-0.1, -0.05) is 6.07 Å². The van der Waals surface area contributed by atoms with Crippen LogP contribution in [0.3, 0.4) is 0 Å². The van der Waals surface area contributed by atoms with E-state index in [9.17, 15) is 0 Å². The van der Waals surface area contributed by atoms with E-state index < -0.39 is 0 Å². The minimum atomic E-state index is 0.0880. The molecule has 2 aromatic rings. The van der Waals surface area contributed by atoms with Gasteiger partial charge in [-0.25, -0.2) is 0 Å². The van der Waals surface area contributed by atoms with E-state index in [0.717, 1.165) is 5.56 Å². The van der Waals surface area contributed by atoms with Gasteiger partial charge >= 0.3 is 0 Å². The predicted molar refractivity (Wildman–Crippen MR) is 75.8 cm³/mol. The quantitative estimate of drug-likeness (QED) is 0.526. The number of hydrogen-bond donors (Lipinski definition) is 5. The van der Waals surface area contributed by atoms with Gasteiger partial charge in [-0.05, 0) is 42.3 Å². The molecule has 5 heteroatoms. The Hall–Kier alpha value is -2.40. The van der Waals surface area contributed by atoms with E-state index in [0.29, 0.717) is 17.8 Å². The molecule has 2 rings (SSSR count). The van der Waals surface area contributed by atoms with Crippen molar-refractivity contribution in [3.05, 3.63) is 48.0 Å². The minimum absolute atomic E-state index is 0.0880. The van der Waals surface area contributed by atoms with Crippen molar-refractivity contribution in [3.63, 3.8) is 0 Å². The van der Waals surface area contributed by atoms with Crippen LogP contribution in [-0.2, 0) is 6.42 Å². The summed E-state index contributed by atoms with van der Waals surface area (Å²) < 4.78 is 0. The second kappa shape index (κ2) is 7.13. The van der Waals surface area contributed by atoms with Gasteiger partial charge in [-0.15, -0.1) is 0 Å². The van der Waals surface area contributed by atoms with Gasteiger partial charge in [-0.3, -0.25) is 0 Å². The highest BCUT2D eigenvalue weighted by atomic mass is 16.3. The third-order valence-electron chi connectivity index (χ3n) is 2.38. The van der Waals surface area contributed by atoms with Crippen molar-refractivity contribution in [1.82, 2.24) is 0 Å². The summed E-state index contributed by atoms with van der Waals surface area (Å²) in [7, 11) is 0. The molecule has 0 radical (unpaired) electrons. The first-order valence-electron chi connectivity index (χ1n) is 5.75. The first-order valence-corrected chi connectivity index (χ1v) is 5.75. The third kappa shape index (κ3) is 5.18. The number of phenols is 2. The molecule has 0 unspecified atom stereocenters.